The van der Waals surface area contributed by atoms with Gasteiger partial charge in [-0.2, -0.15) is 0 Å². The summed E-state index contributed by atoms with van der Waals surface area (Å²) in [4.78, 5) is 12.1. The normalized spacial score (nSPS) is 11.6. The Labute approximate surface area is 123 Å². The van der Waals surface area contributed by atoms with E-state index in [9.17, 15) is 4.79 Å². The first-order valence-electron chi connectivity index (χ1n) is 6.43. The van der Waals surface area contributed by atoms with Crippen molar-refractivity contribution in [1.29, 1.82) is 0 Å². The molecule has 0 amide bonds. The first-order valence-corrected chi connectivity index (χ1v) is 7.42. The standard InChI is InChI=1S/C15H18N2O2S/c1-10-7-5-6-8-11(10)12(18)9-20-14-17-16-13(19-14)15(2,3)4/h5-8H,9H2,1-4H3. The van der Waals surface area contributed by atoms with Gasteiger partial charge in [-0.3, -0.25) is 4.79 Å². The Morgan fingerprint density at radius 2 is 1.95 bits per heavy atom. The lowest BCUT2D eigenvalue weighted by Gasteiger charge is -2.10. The topological polar surface area (TPSA) is 56.0 Å². The number of aromatic nitrogens is 2. The van der Waals surface area contributed by atoms with E-state index < -0.39 is 0 Å². The van der Waals surface area contributed by atoms with Crippen LogP contribution < -0.4 is 0 Å². The van der Waals surface area contributed by atoms with Gasteiger partial charge in [-0.1, -0.05) is 56.8 Å². The van der Waals surface area contributed by atoms with Gasteiger partial charge in [0.25, 0.3) is 5.22 Å². The summed E-state index contributed by atoms with van der Waals surface area (Å²) in [7, 11) is 0. The van der Waals surface area contributed by atoms with E-state index in [1.54, 1.807) is 0 Å². The summed E-state index contributed by atoms with van der Waals surface area (Å²) >= 11 is 1.28. The Kier molecular flexibility index (Phi) is 4.28. The van der Waals surface area contributed by atoms with E-state index in [0.29, 0.717) is 16.9 Å². The van der Waals surface area contributed by atoms with Crippen molar-refractivity contribution in [3.05, 3.63) is 41.3 Å². The maximum absolute atomic E-state index is 12.1. The molecule has 0 atom stereocenters. The van der Waals surface area contributed by atoms with Crippen molar-refractivity contribution in [2.75, 3.05) is 5.75 Å². The summed E-state index contributed by atoms with van der Waals surface area (Å²) in [6.45, 7) is 7.95. The van der Waals surface area contributed by atoms with Gasteiger partial charge >= 0.3 is 0 Å². The fourth-order valence-electron chi connectivity index (χ4n) is 1.66. The Balaban J connectivity index is 2.01. The zero-order valence-corrected chi connectivity index (χ0v) is 13.0. The lowest BCUT2D eigenvalue weighted by atomic mass is 9.97. The Morgan fingerprint density at radius 1 is 1.25 bits per heavy atom. The molecular weight excluding hydrogens is 272 g/mol. The minimum Gasteiger partial charge on any atom is -0.415 e. The van der Waals surface area contributed by atoms with Gasteiger partial charge in [0.15, 0.2) is 5.78 Å². The van der Waals surface area contributed by atoms with E-state index in [-0.39, 0.29) is 11.2 Å². The monoisotopic (exact) mass is 290 g/mol. The lowest BCUT2D eigenvalue weighted by Crippen LogP contribution is -2.11. The molecule has 0 spiro atoms. The van der Waals surface area contributed by atoms with E-state index >= 15 is 0 Å². The highest BCUT2D eigenvalue weighted by Gasteiger charge is 2.22. The highest BCUT2D eigenvalue weighted by atomic mass is 32.2. The second-order valence-electron chi connectivity index (χ2n) is 5.65. The zero-order valence-electron chi connectivity index (χ0n) is 12.1. The molecule has 0 radical (unpaired) electrons. The molecule has 0 fully saturated rings. The molecule has 4 nitrogen and oxygen atoms in total. The molecule has 1 aromatic carbocycles. The summed E-state index contributed by atoms with van der Waals surface area (Å²) in [6, 6.07) is 7.57. The summed E-state index contributed by atoms with van der Waals surface area (Å²) in [6.07, 6.45) is 0. The molecule has 1 heterocycles. The van der Waals surface area contributed by atoms with E-state index in [1.807, 2.05) is 52.0 Å². The van der Waals surface area contributed by atoms with Gasteiger partial charge < -0.3 is 4.42 Å². The minimum absolute atomic E-state index is 0.0728. The van der Waals surface area contributed by atoms with Crippen molar-refractivity contribution in [2.24, 2.45) is 0 Å². The Bertz CT molecular complexity index is 614. The fraction of sp³-hybridized carbons (Fsp3) is 0.400. The highest BCUT2D eigenvalue weighted by molar-refractivity contribution is 7.99. The summed E-state index contributed by atoms with van der Waals surface area (Å²) < 4.78 is 5.55. The SMILES string of the molecule is Cc1ccccc1C(=O)CSc1nnc(C(C)(C)C)o1. The number of hydrogen-bond donors (Lipinski definition) is 0. The number of hydrogen-bond acceptors (Lipinski definition) is 5. The van der Waals surface area contributed by atoms with Gasteiger partial charge in [-0.05, 0) is 12.5 Å². The molecule has 1 aromatic heterocycles. The number of nitrogens with zero attached hydrogens (tertiary/aromatic N) is 2. The van der Waals surface area contributed by atoms with Crippen molar-refractivity contribution in [3.8, 4) is 0 Å². The van der Waals surface area contributed by atoms with Crippen LogP contribution in [-0.4, -0.2) is 21.7 Å². The molecule has 0 unspecified atom stereocenters. The number of carbonyl (C=O) groups is 1. The number of rotatable bonds is 4. The van der Waals surface area contributed by atoms with Crippen molar-refractivity contribution >= 4 is 17.5 Å². The first-order chi connectivity index (χ1) is 9.38. The van der Waals surface area contributed by atoms with Crippen LogP contribution in [0.1, 0.15) is 42.6 Å². The van der Waals surface area contributed by atoms with Crippen LogP contribution in [0.5, 0.6) is 0 Å². The molecule has 0 saturated heterocycles. The molecule has 0 aliphatic rings. The molecule has 0 N–H and O–H groups in total. The molecule has 0 aliphatic heterocycles. The van der Waals surface area contributed by atoms with E-state index in [1.165, 1.54) is 11.8 Å². The smallest absolute Gasteiger partial charge is 0.277 e. The molecule has 5 heteroatoms. The number of carbonyl (C=O) groups excluding carboxylic acids is 1. The van der Waals surface area contributed by atoms with Crippen LogP contribution in [0.4, 0.5) is 0 Å². The molecule has 0 saturated carbocycles. The van der Waals surface area contributed by atoms with Gasteiger partial charge in [0, 0.05) is 11.0 Å². The van der Waals surface area contributed by atoms with Crippen LogP contribution >= 0.6 is 11.8 Å². The maximum atomic E-state index is 12.1. The summed E-state index contributed by atoms with van der Waals surface area (Å²) in [5.74, 6) is 0.961. The van der Waals surface area contributed by atoms with E-state index in [0.717, 1.165) is 11.1 Å². The zero-order chi connectivity index (χ0) is 14.8. The number of aryl methyl sites for hydroxylation is 1. The van der Waals surface area contributed by atoms with Gasteiger partial charge in [-0.25, -0.2) is 0 Å². The Morgan fingerprint density at radius 3 is 2.55 bits per heavy atom. The molecule has 2 aromatic rings. The van der Waals surface area contributed by atoms with E-state index in [2.05, 4.69) is 10.2 Å². The van der Waals surface area contributed by atoms with Crippen LogP contribution in [0, 0.1) is 6.92 Å². The Hall–Kier alpha value is -1.62. The average Bonchev–Trinajstić information content (AvgIpc) is 2.85. The quantitative estimate of drug-likeness (QED) is 0.635. The van der Waals surface area contributed by atoms with Crippen molar-refractivity contribution < 1.29 is 9.21 Å². The predicted octanol–water partition coefficient (Wildman–Crippen LogP) is 3.65. The summed E-state index contributed by atoms with van der Waals surface area (Å²) in [5, 5.41) is 8.41. The van der Waals surface area contributed by atoms with Crippen LogP contribution in [0.3, 0.4) is 0 Å². The molecular formula is C15H18N2O2S. The summed E-state index contributed by atoms with van der Waals surface area (Å²) in [5.41, 5.74) is 1.56. The predicted molar refractivity (Wildman–Crippen MR) is 79.2 cm³/mol. The van der Waals surface area contributed by atoms with Crippen LogP contribution in [0.2, 0.25) is 0 Å². The van der Waals surface area contributed by atoms with Crippen LogP contribution in [0.15, 0.2) is 33.9 Å². The number of ketones is 1. The van der Waals surface area contributed by atoms with Crippen LogP contribution in [-0.2, 0) is 5.41 Å². The van der Waals surface area contributed by atoms with Crippen molar-refractivity contribution in [1.82, 2.24) is 10.2 Å². The second-order valence-corrected chi connectivity index (χ2v) is 6.58. The minimum atomic E-state index is -0.175. The number of Topliss-reactive ketones (excluding diaryl/α,β-unsaturated/α-hetero) is 1. The molecule has 2 rings (SSSR count). The maximum Gasteiger partial charge on any atom is 0.277 e. The number of thioether (sulfide) groups is 1. The second kappa shape index (κ2) is 5.79. The van der Waals surface area contributed by atoms with Crippen LogP contribution in [0.25, 0.3) is 0 Å². The van der Waals surface area contributed by atoms with Gasteiger partial charge in [-0.15, -0.1) is 10.2 Å². The fourth-order valence-corrected chi connectivity index (χ4v) is 2.31. The van der Waals surface area contributed by atoms with Gasteiger partial charge in [0.05, 0.1) is 5.75 Å². The van der Waals surface area contributed by atoms with Crippen molar-refractivity contribution in [3.63, 3.8) is 0 Å². The third-order valence-corrected chi connectivity index (χ3v) is 3.64. The highest BCUT2D eigenvalue weighted by Crippen LogP contribution is 2.25. The first kappa shape index (κ1) is 14.8. The van der Waals surface area contributed by atoms with Gasteiger partial charge in [0.2, 0.25) is 5.89 Å². The van der Waals surface area contributed by atoms with E-state index in [4.69, 9.17) is 4.42 Å². The van der Waals surface area contributed by atoms with Crippen molar-refractivity contribution in [2.45, 2.75) is 38.3 Å². The molecule has 20 heavy (non-hydrogen) atoms. The number of benzene rings is 1. The molecule has 0 aliphatic carbocycles. The average molecular weight is 290 g/mol. The lowest BCUT2D eigenvalue weighted by molar-refractivity contribution is 0.102. The molecule has 106 valence electrons. The third kappa shape index (κ3) is 3.48. The van der Waals surface area contributed by atoms with Gasteiger partial charge in [0.1, 0.15) is 0 Å². The largest absolute Gasteiger partial charge is 0.415 e. The third-order valence-electron chi connectivity index (χ3n) is 2.82. The molecule has 0 bridgehead atoms.